The van der Waals surface area contributed by atoms with Crippen molar-refractivity contribution in [2.75, 3.05) is 0 Å². The third kappa shape index (κ3) is 2.33. The van der Waals surface area contributed by atoms with Crippen LogP contribution in [0.25, 0.3) is 16.7 Å². The van der Waals surface area contributed by atoms with Crippen molar-refractivity contribution in [3.05, 3.63) is 44.8 Å². The fraction of sp³-hybridized carbons (Fsp3) is 0.286. The number of nitrogens with zero attached hydrogens (tertiary/aromatic N) is 3. The molecule has 0 bridgehead atoms. The molecule has 2 heterocycles. The highest BCUT2D eigenvalue weighted by molar-refractivity contribution is 6.35. The largest absolute Gasteiger partial charge is 0.460 e. The molecule has 0 spiro atoms. The lowest BCUT2D eigenvalue weighted by atomic mass is 10.1. The van der Waals surface area contributed by atoms with Crippen LogP contribution in [0.2, 0.25) is 5.02 Å². The molecule has 0 atom stereocenters. The topological polar surface area (TPSA) is 53.0 Å². The van der Waals surface area contributed by atoms with Gasteiger partial charge in [-0.3, -0.25) is 0 Å². The average Bonchev–Trinajstić information content (AvgIpc) is 2.96. The molecule has 0 radical (unpaired) electrons. The predicted molar refractivity (Wildman–Crippen MR) is 78.1 cm³/mol. The molecule has 9 heteroatoms. The van der Waals surface area contributed by atoms with E-state index in [2.05, 4.69) is 5.10 Å². The van der Waals surface area contributed by atoms with E-state index < -0.39 is 17.7 Å². The zero-order valence-electron chi connectivity index (χ0n) is 12.3. The lowest BCUT2D eigenvalue weighted by Gasteiger charge is -2.12. The van der Waals surface area contributed by atoms with Crippen molar-refractivity contribution in [1.82, 2.24) is 14.3 Å². The Kier molecular flexibility index (Phi) is 3.33. The summed E-state index contributed by atoms with van der Waals surface area (Å²) >= 11 is 6.11. The van der Waals surface area contributed by atoms with Crippen LogP contribution in [0.15, 0.2) is 21.3 Å². The first kappa shape index (κ1) is 15.7. The molecule has 3 aromatic rings. The van der Waals surface area contributed by atoms with E-state index in [1.54, 1.807) is 19.9 Å². The van der Waals surface area contributed by atoms with Crippen LogP contribution in [0.1, 0.15) is 17.1 Å². The first-order chi connectivity index (χ1) is 10.6. The number of aromatic nitrogens is 3. The van der Waals surface area contributed by atoms with Crippen LogP contribution in [-0.4, -0.2) is 14.3 Å². The van der Waals surface area contributed by atoms with Gasteiger partial charge in [-0.2, -0.15) is 13.2 Å². The van der Waals surface area contributed by atoms with Gasteiger partial charge in [-0.25, -0.2) is 14.0 Å². The zero-order valence-corrected chi connectivity index (χ0v) is 13.1. The molecule has 2 aromatic heterocycles. The van der Waals surface area contributed by atoms with E-state index in [1.807, 2.05) is 0 Å². The number of benzene rings is 1. The Bertz CT molecular complexity index is 982. The number of halogens is 4. The first-order valence-corrected chi connectivity index (χ1v) is 6.92. The highest BCUT2D eigenvalue weighted by Crippen LogP contribution is 2.35. The Hall–Kier alpha value is -2.22. The van der Waals surface area contributed by atoms with E-state index in [-0.39, 0.29) is 10.7 Å². The molecule has 23 heavy (non-hydrogen) atoms. The number of hydrogen-bond acceptors (Lipinski definition) is 3. The third-order valence-corrected chi connectivity index (χ3v) is 3.82. The van der Waals surface area contributed by atoms with Crippen molar-refractivity contribution in [2.45, 2.75) is 20.0 Å². The lowest BCUT2D eigenvalue weighted by molar-refractivity contribution is -0.146. The van der Waals surface area contributed by atoms with E-state index in [0.29, 0.717) is 31.5 Å². The summed E-state index contributed by atoms with van der Waals surface area (Å²) in [5, 5.41) is 3.96. The maximum atomic E-state index is 13.2. The van der Waals surface area contributed by atoms with Crippen molar-refractivity contribution in [2.24, 2.45) is 7.05 Å². The van der Waals surface area contributed by atoms with Crippen LogP contribution < -0.4 is 5.69 Å². The fourth-order valence-electron chi connectivity index (χ4n) is 2.50. The van der Waals surface area contributed by atoms with Crippen molar-refractivity contribution < 1.29 is 17.6 Å². The molecule has 5 nitrogen and oxygen atoms in total. The van der Waals surface area contributed by atoms with Gasteiger partial charge in [0.25, 0.3) is 0 Å². The molecule has 0 N–H and O–H groups in total. The summed E-state index contributed by atoms with van der Waals surface area (Å²) in [5.74, 6) is -0.736. The summed E-state index contributed by atoms with van der Waals surface area (Å²) in [5.41, 5.74) is -0.0671. The number of fused-ring (bicyclic) bond motifs is 1. The molecule has 0 amide bonds. The SMILES string of the molecule is Cc1cc2c(C)c(-n3c(C(F)(F)F)nn(C)c3=O)cc(Cl)c2o1. The summed E-state index contributed by atoms with van der Waals surface area (Å²) in [7, 11) is 1.16. The predicted octanol–water partition coefficient (Wildman–Crippen LogP) is 3.61. The fourth-order valence-corrected chi connectivity index (χ4v) is 2.74. The van der Waals surface area contributed by atoms with Gasteiger partial charge in [0.05, 0.1) is 10.7 Å². The maximum absolute atomic E-state index is 13.2. The monoisotopic (exact) mass is 345 g/mol. The number of alkyl halides is 3. The molecule has 122 valence electrons. The molecule has 0 unspecified atom stereocenters. The molecule has 0 saturated heterocycles. The number of aryl methyl sites for hydroxylation is 3. The van der Waals surface area contributed by atoms with Gasteiger partial charge in [0.15, 0.2) is 5.58 Å². The highest BCUT2D eigenvalue weighted by Gasteiger charge is 2.39. The van der Waals surface area contributed by atoms with E-state index in [4.69, 9.17) is 16.0 Å². The molecule has 0 fully saturated rings. The summed E-state index contributed by atoms with van der Waals surface area (Å²) in [4.78, 5) is 12.1. The average molecular weight is 346 g/mol. The smallest absolute Gasteiger partial charge is 0.452 e. The van der Waals surface area contributed by atoms with Gasteiger partial charge in [-0.05, 0) is 31.5 Å². The summed E-state index contributed by atoms with van der Waals surface area (Å²) < 4.78 is 46.2. The standard InChI is InChI=1S/C14H11ClF3N3O2/c1-6-4-8-7(2)10(5-9(15)11(8)23-6)21-12(14(16,17)18)19-20(3)13(21)22/h4-5H,1-3H3. The summed E-state index contributed by atoms with van der Waals surface area (Å²) in [6.07, 6.45) is -4.78. The molecule has 1 aromatic carbocycles. The van der Waals surface area contributed by atoms with Gasteiger partial charge < -0.3 is 4.42 Å². The minimum atomic E-state index is -4.78. The maximum Gasteiger partial charge on any atom is 0.452 e. The van der Waals surface area contributed by atoms with Crippen molar-refractivity contribution in [3.8, 4) is 5.69 Å². The molecular weight excluding hydrogens is 335 g/mol. The Balaban J connectivity index is 2.43. The van der Waals surface area contributed by atoms with E-state index >= 15 is 0 Å². The van der Waals surface area contributed by atoms with E-state index in [1.165, 1.54) is 6.07 Å². The molecule has 0 aliphatic heterocycles. The Morgan fingerprint density at radius 3 is 2.52 bits per heavy atom. The van der Waals surface area contributed by atoms with Crippen molar-refractivity contribution >= 4 is 22.6 Å². The lowest BCUT2D eigenvalue weighted by Crippen LogP contribution is -2.24. The van der Waals surface area contributed by atoms with Gasteiger partial charge >= 0.3 is 11.9 Å². The van der Waals surface area contributed by atoms with Crippen LogP contribution in [0.5, 0.6) is 0 Å². The van der Waals surface area contributed by atoms with Gasteiger partial charge in [0, 0.05) is 12.4 Å². The van der Waals surface area contributed by atoms with Crippen LogP contribution >= 0.6 is 11.6 Å². The zero-order chi connectivity index (χ0) is 17.1. The molecule has 0 aliphatic carbocycles. The minimum absolute atomic E-state index is 0.0220. The Morgan fingerprint density at radius 2 is 1.91 bits per heavy atom. The van der Waals surface area contributed by atoms with Gasteiger partial charge in [-0.1, -0.05) is 11.6 Å². The normalized spacial score (nSPS) is 12.3. The van der Waals surface area contributed by atoms with Gasteiger partial charge in [0.2, 0.25) is 5.82 Å². The highest BCUT2D eigenvalue weighted by atomic mass is 35.5. The van der Waals surface area contributed by atoms with Gasteiger partial charge in [-0.15, -0.1) is 5.10 Å². The van der Waals surface area contributed by atoms with Crippen molar-refractivity contribution in [3.63, 3.8) is 0 Å². The van der Waals surface area contributed by atoms with Crippen LogP contribution in [0.4, 0.5) is 13.2 Å². The Morgan fingerprint density at radius 1 is 1.26 bits per heavy atom. The third-order valence-electron chi connectivity index (χ3n) is 3.54. The van der Waals surface area contributed by atoms with E-state index in [0.717, 1.165) is 7.05 Å². The number of rotatable bonds is 1. The molecule has 0 saturated carbocycles. The second kappa shape index (κ2) is 4.89. The van der Waals surface area contributed by atoms with Crippen LogP contribution in [0, 0.1) is 13.8 Å². The van der Waals surface area contributed by atoms with Crippen LogP contribution in [0.3, 0.4) is 0 Å². The van der Waals surface area contributed by atoms with Crippen LogP contribution in [-0.2, 0) is 13.2 Å². The number of hydrogen-bond donors (Lipinski definition) is 0. The summed E-state index contributed by atoms with van der Waals surface area (Å²) in [6, 6.07) is 2.94. The minimum Gasteiger partial charge on any atom is -0.460 e. The Labute approximate surface area is 132 Å². The molecule has 0 aliphatic rings. The molecule has 3 rings (SSSR count). The van der Waals surface area contributed by atoms with E-state index in [9.17, 15) is 18.0 Å². The molecular formula is C14H11ClF3N3O2. The first-order valence-electron chi connectivity index (χ1n) is 6.54. The second-order valence-corrected chi connectivity index (χ2v) is 5.57. The summed E-state index contributed by atoms with van der Waals surface area (Å²) in [6.45, 7) is 3.30. The van der Waals surface area contributed by atoms with Gasteiger partial charge in [0.1, 0.15) is 5.76 Å². The quantitative estimate of drug-likeness (QED) is 0.677. The second-order valence-electron chi connectivity index (χ2n) is 5.17. The van der Waals surface area contributed by atoms with Crippen molar-refractivity contribution in [1.29, 1.82) is 0 Å². The number of furan rings is 1.